The van der Waals surface area contributed by atoms with Gasteiger partial charge < -0.3 is 5.32 Å². The molecule has 0 saturated heterocycles. The molecule has 0 radical (unpaired) electrons. The number of hydrogen-bond acceptors (Lipinski definition) is 4. The van der Waals surface area contributed by atoms with Crippen LogP contribution in [0.2, 0.25) is 0 Å². The molecule has 3 unspecified atom stereocenters. The minimum absolute atomic E-state index is 0.557. The number of aromatic nitrogens is 4. The molecule has 1 aromatic heterocycles. The maximum absolute atomic E-state index is 4.08. The number of nitrogens with one attached hydrogen (secondary N) is 1. The predicted molar refractivity (Wildman–Crippen MR) is 83.8 cm³/mol. The molecule has 0 bridgehead atoms. The molecule has 1 fully saturated rings. The fourth-order valence-electron chi connectivity index (χ4n) is 3.22. The van der Waals surface area contributed by atoms with Crippen LogP contribution in [0.5, 0.6) is 0 Å². The van der Waals surface area contributed by atoms with Crippen LogP contribution in [0, 0.1) is 11.8 Å². The molecule has 1 aliphatic rings. The molecule has 0 amide bonds. The number of rotatable bonds is 3. The van der Waals surface area contributed by atoms with Crippen molar-refractivity contribution in [2.24, 2.45) is 18.9 Å². The first-order valence-electron chi connectivity index (χ1n) is 7.74. The van der Waals surface area contributed by atoms with E-state index in [1.807, 2.05) is 13.1 Å². The topological polar surface area (TPSA) is 55.6 Å². The minimum Gasteiger partial charge on any atom is -0.382 e. The minimum atomic E-state index is 0.557. The SMILES string of the molecule is CC1CCCC(Nc2cccc(-c3nnnn3C)c2)C1C. The molecule has 5 heteroatoms. The van der Waals surface area contributed by atoms with Crippen molar-refractivity contribution in [3.8, 4) is 11.4 Å². The van der Waals surface area contributed by atoms with E-state index < -0.39 is 0 Å². The Morgan fingerprint density at radius 3 is 2.86 bits per heavy atom. The average Bonchev–Trinajstić information content (AvgIpc) is 2.90. The van der Waals surface area contributed by atoms with Crippen LogP contribution in [0.15, 0.2) is 24.3 Å². The smallest absolute Gasteiger partial charge is 0.181 e. The Labute approximate surface area is 125 Å². The Balaban J connectivity index is 1.79. The lowest BCUT2D eigenvalue weighted by Gasteiger charge is -2.35. The van der Waals surface area contributed by atoms with Crippen LogP contribution in [0.1, 0.15) is 33.1 Å². The zero-order valence-corrected chi connectivity index (χ0v) is 13.0. The van der Waals surface area contributed by atoms with Gasteiger partial charge in [-0.3, -0.25) is 0 Å². The van der Waals surface area contributed by atoms with Crippen LogP contribution in [0.25, 0.3) is 11.4 Å². The summed E-state index contributed by atoms with van der Waals surface area (Å²) in [4.78, 5) is 0. The van der Waals surface area contributed by atoms with Gasteiger partial charge in [0.05, 0.1) is 0 Å². The van der Waals surface area contributed by atoms with E-state index in [0.29, 0.717) is 12.0 Å². The first-order chi connectivity index (χ1) is 10.1. The van der Waals surface area contributed by atoms with Crippen LogP contribution < -0.4 is 5.32 Å². The molecule has 1 aliphatic carbocycles. The summed E-state index contributed by atoms with van der Waals surface area (Å²) in [6.45, 7) is 4.72. The second-order valence-corrected chi connectivity index (χ2v) is 6.23. The van der Waals surface area contributed by atoms with E-state index in [1.165, 1.54) is 19.3 Å². The van der Waals surface area contributed by atoms with Crippen LogP contribution in [-0.4, -0.2) is 26.2 Å². The number of benzene rings is 1. The highest BCUT2D eigenvalue weighted by molar-refractivity contribution is 5.62. The summed E-state index contributed by atoms with van der Waals surface area (Å²) in [7, 11) is 1.86. The summed E-state index contributed by atoms with van der Waals surface area (Å²) in [6, 6.07) is 8.92. The molecular weight excluding hydrogens is 262 g/mol. The molecule has 0 spiro atoms. The van der Waals surface area contributed by atoms with Crippen molar-refractivity contribution in [1.82, 2.24) is 20.2 Å². The number of hydrogen-bond donors (Lipinski definition) is 1. The van der Waals surface area contributed by atoms with E-state index in [0.717, 1.165) is 23.0 Å². The van der Waals surface area contributed by atoms with Crippen LogP contribution >= 0.6 is 0 Å². The summed E-state index contributed by atoms with van der Waals surface area (Å²) in [5.74, 6) is 2.30. The lowest BCUT2D eigenvalue weighted by Crippen LogP contribution is -2.34. The van der Waals surface area contributed by atoms with Crippen LogP contribution in [-0.2, 0) is 7.05 Å². The zero-order valence-electron chi connectivity index (χ0n) is 13.0. The zero-order chi connectivity index (χ0) is 14.8. The number of nitrogens with zero attached hydrogens (tertiary/aromatic N) is 4. The third-order valence-corrected chi connectivity index (χ3v) is 4.80. The highest BCUT2D eigenvalue weighted by Crippen LogP contribution is 2.32. The molecule has 0 aliphatic heterocycles. The van der Waals surface area contributed by atoms with E-state index in [-0.39, 0.29) is 0 Å². The molecule has 1 heterocycles. The average molecular weight is 285 g/mol. The Bertz CT molecular complexity index is 606. The predicted octanol–water partition coefficient (Wildman–Crippen LogP) is 3.11. The van der Waals surface area contributed by atoms with Crippen LogP contribution in [0.4, 0.5) is 5.69 Å². The van der Waals surface area contributed by atoms with Crippen LogP contribution in [0.3, 0.4) is 0 Å². The van der Waals surface area contributed by atoms with Crippen molar-refractivity contribution in [1.29, 1.82) is 0 Å². The lowest BCUT2D eigenvalue weighted by molar-refractivity contribution is 0.253. The third-order valence-electron chi connectivity index (χ3n) is 4.80. The molecule has 3 rings (SSSR count). The highest BCUT2D eigenvalue weighted by atomic mass is 15.5. The van der Waals surface area contributed by atoms with E-state index in [1.54, 1.807) is 4.68 Å². The van der Waals surface area contributed by atoms with Gasteiger partial charge in [0.25, 0.3) is 0 Å². The quantitative estimate of drug-likeness (QED) is 0.941. The van der Waals surface area contributed by atoms with Gasteiger partial charge in [0, 0.05) is 24.3 Å². The Hall–Kier alpha value is -1.91. The summed E-state index contributed by atoms with van der Waals surface area (Å²) in [5, 5.41) is 15.4. The fraction of sp³-hybridized carbons (Fsp3) is 0.562. The Morgan fingerprint density at radius 1 is 1.24 bits per heavy atom. The van der Waals surface area contributed by atoms with Crippen molar-refractivity contribution in [2.45, 2.75) is 39.2 Å². The molecule has 112 valence electrons. The van der Waals surface area contributed by atoms with Crippen molar-refractivity contribution in [2.75, 3.05) is 5.32 Å². The van der Waals surface area contributed by atoms with Gasteiger partial charge in [0.2, 0.25) is 0 Å². The van der Waals surface area contributed by atoms with E-state index in [9.17, 15) is 0 Å². The molecule has 3 atom stereocenters. The molecule has 21 heavy (non-hydrogen) atoms. The molecule has 1 aromatic carbocycles. The van der Waals surface area contributed by atoms with Crippen molar-refractivity contribution >= 4 is 5.69 Å². The fourth-order valence-corrected chi connectivity index (χ4v) is 3.22. The normalized spacial score (nSPS) is 25.8. The number of tetrazole rings is 1. The first-order valence-corrected chi connectivity index (χ1v) is 7.74. The summed E-state index contributed by atoms with van der Waals surface area (Å²) in [5.41, 5.74) is 2.20. The van der Waals surface area contributed by atoms with E-state index in [2.05, 4.69) is 52.9 Å². The summed E-state index contributed by atoms with van der Waals surface area (Å²) in [6.07, 6.45) is 3.92. The van der Waals surface area contributed by atoms with Gasteiger partial charge in [-0.05, 0) is 40.8 Å². The van der Waals surface area contributed by atoms with E-state index >= 15 is 0 Å². The van der Waals surface area contributed by atoms with Crippen molar-refractivity contribution in [3.63, 3.8) is 0 Å². The Kier molecular flexibility index (Phi) is 3.90. The van der Waals surface area contributed by atoms with Crippen molar-refractivity contribution in [3.05, 3.63) is 24.3 Å². The number of aryl methyl sites for hydroxylation is 1. The second-order valence-electron chi connectivity index (χ2n) is 6.23. The Morgan fingerprint density at radius 2 is 2.10 bits per heavy atom. The lowest BCUT2D eigenvalue weighted by atomic mass is 9.78. The monoisotopic (exact) mass is 285 g/mol. The number of anilines is 1. The third kappa shape index (κ3) is 2.91. The van der Waals surface area contributed by atoms with Gasteiger partial charge in [-0.15, -0.1) is 5.10 Å². The van der Waals surface area contributed by atoms with Gasteiger partial charge in [0.15, 0.2) is 5.82 Å². The second kappa shape index (κ2) is 5.84. The molecule has 5 nitrogen and oxygen atoms in total. The van der Waals surface area contributed by atoms with Crippen molar-refractivity contribution < 1.29 is 0 Å². The van der Waals surface area contributed by atoms with Gasteiger partial charge in [-0.2, -0.15) is 0 Å². The summed E-state index contributed by atoms with van der Waals surface area (Å²) < 4.78 is 1.70. The molecule has 1 N–H and O–H groups in total. The van der Waals surface area contributed by atoms with Gasteiger partial charge in [0.1, 0.15) is 0 Å². The standard InChI is InChI=1S/C16H23N5/c1-11-6-4-9-15(12(11)2)17-14-8-5-7-13(10-14)16-18-19-20-21(16)3/h5,7-8,10-12,15,17H,4,6,9H2,1-3H3. The molecule has 2 aromatic rings. The van der Waals surface area contributed by atoms with E-state index in [4.69, 9.17) is 0 Å². The molecule has 1 saturated carbocycles. The van der Waals surface area contributed by atoms with Gasteiger partial charge in [-0.1, -0.05) is 38.8 Å². The maximum Gasteiger partial charge on any atom is 0.181 e. The van der Waals surface area contributed by atoms with Gasteiger partial charge in [-0.25, -0.2) is 4.68 Å². The summed E-state index contributed by atoms with van der Waals surface area (Å²) >= 11 is 0. The largest absolute Gasteiger partial charge is 0.382 e. The maximum atomic E-state index is 4.08. The molecular formula is C16H23N5. The first kappa shape index (κ1) is 14.0. The van der Waals surface area contributed by atoms with Gasteiger partial charge >= 0.3 is 0 Å². The highest BCUT2D eigenvalue weighted by Gasteiger charge is 2.26.